The van der Waals surface area contributed by atoms with E-state index in [2.05, 4.69) is 72.6 Å². The van der Waals surface area contributed by atoms with E-state index in [0.717, 1.165) is 13.1 Å². The predicted molar refractivity (Wildman–Crippen MR) is 121 cm³/mol. The highest BCUT2D eigenvalue weighted by atomic mass is 15.1. The SMILES string of the molecule is CCCCCCCCCCCCC[n+]1ccn(Cc2ccccc2)c1C(C)C. The maximum absolute atomic E-state index is 2.49. The molecule has 156 valence electrons. The molecule has 2 rings (SSSR count). The molecule has 0 radical (unpaired) electrons. The van der Waals surface area contributed by atoms with Crippen LogP contribution in [0.3, 0.4) is 0 Å². The van der Waals surface area contributed by atoms with Crippen molar-refractivity contribution in [3.8, 4) is 0 Å². The number of imidazole rings is 1. The lowest BCUT2D eigenvalue weighted by Gasteiger charge is -2.08. The van der Waals surface area contributed by atoms with E-state index < -0.39 is 0 Å². The quantitative estimate of drug-likeness (QED) is 0.226. The Morgan fingerprint density at radius 3 is 1.93 bits per heavy atom. The molecule has 0 amide bonds. The molecule has 0 N–H and O–H groups in total. The molecule has 0 saturated carbocycles. The van der Waals surface area contributed by atoms with Crippen LogP contribution in [0.4, 0.5) is 0 Å². The lowest BCUT2D eigenvalue weighted by molar-refractivity contribution is -0.705. The molecule has 2 aromatic rings. The maximum Gasteiger partial charge on any atom is 0.259 e. The second-order valence-electron chi connectivity index (χ2n) is 8.65. The summed E-state index contributed by atoms with van der Waals surface area (Å²) in [6, 6.07) is 10.8. The molecule has 2 heteroatoms. The van der Waals surface area contributed by atoms with Crippen molar-refractivity contribution in [2.75, 3.05) is 0 Å². The topological polar surface area (TPSA) is 8.81 Å². The van der Waals surface area contributed by atoms with E-state index in [9.17, 15) is 0 Å². The van der Waals surface area contributed by atoms with Crippen LogP contribution in [-0.2, 0) is 13.1 Å². The monoisotopic (exact) mass is 383 g/mol. The Bertz CT molecular complexity index is 627. The molecule has 1 aromatic heterocycles. The molecule has 0 aliphatic heterocycles. The first-order valence-corrected chi connectivity index (χ1v) is 11.8. The van der Waals surface area contributed by atoms with Crippen molar-refractivity contribution in [1.82, 2.24) is 4.57 Å². The summed E-state index contributed by atoms with van der Waals surface area (Å²) in [7, 11) is 0. The molecule has 0 bridgehead atoms. The van der Waals surface area contributed by atoms with Crippen LogP contribution >= 0.6 is 0 Å². The van der Waals surface area contributed by atoms with Gasteiger partial charge in [0.05, 0.1) is 12.5 Å². The van der Waals surface area contributed by atoms with Crippen LogP contribution < -0.4 is 4.57 Å². The molecular formula is C26H43N2+. The van der Waals surface area contributed by atoms with Gasteiger partial charge in [0.15, 0.2) is 0 Å². The number of aryl methyl sites for hydroxylation is 1. The highest BCUT2D eigenvalue weighted by Crippen LogP contribution is 2.14. The van der Waals surface area contributed by atoms with Crippen LogP contribution in [0.25, 0.3) is 0 Å². The molecule has 0 spiro atoms. The molecule has 1 aromatic carbocycles. The van der Waals surface area contributed by atoms with Gasteiger partial charge in [-0.3, -0.25) is 0 Å². The van der Waals surface area contributed by atoms with Gasteiger partial charge in [-0.25, -0.2) is 9.13 Å². The fraction of sp³-hybridized carbons (Fsp3) is 0.654. The number of nitrogens with zero attached hydrogens (tertiary/aromatic N) is 2. The minimum atomic E-state index is 0.548. The summed E-state index contributed by atoms with van der Waals surface area (Å²) >= 11 is 0. The van der Waals surface area contributed by atoms with E-state index in [4.69, 9.17) is 0 Å². The van der Waals surface area contributed by atoms with Gasteiger partial charge in [0.25, 0.3) is 5.82 Å². The van der Waals surface area contributed by atoms with Crippen LogP contribution in [-0.4, -0.2) is 4.57 Å². The van der Waals surface area contributed by atoms with E-state index in [1.54, 1.807) is 0 Å². The molecule has 2 nitrogen and oxygen atoms in total. The molecule has 28 heavy (non-hydrogen) atoms. The van der Waals surface area contributed by atoms with Crippen LogP contribution in [0, 0.1) is 0 Å². The van der Waals surface area contributed by atoms with Crippen molar-refractivity contribution >= 4 is 0 Å². The minimum absolute atomic E-state index is 0.548. The largest absolute Gasteiger partial charge is 0.259 e. The molecule has 0 aliphatic rings. The Morgan fingerprint density at radius 1 is 0.786 bits per heavy atom. The molecule has 0 saturated heterocycles. The Morgan fingerprint density at radius 2 is 1.36 bits per heavy atom. The molecule has 0 unspecified atom stereocenters. The van der Waals surface area contributed by atoms with Gasteiger partial charge in [-0.15, -0.1) is 0 Å². The summed E-state index contributed by atoms with van der Waals surface area (Å²) in [6.45, 7) is 9.05. The van der Waals surface area contributed by atoms with Gasteiger partial charge in [-0.05, 0) is 18.4 Å². The summed E-state index contributed by atoms with van der Waals surface area (Å²) in [5.74, 6) is 2.00. The highest BCUT2D eigenvalue weighted by molar-refractivity contribution is 5.15. The number of hydrogen-bond acceptors (Lipinski definition) is 0. The predicted octanol–water partition coefficient (Wildman–Crippen LogP) is 7.26. The van der Waals surface area contributed by atoms with Crippen molar-refractivity contribution in [2.24, 2.45) is 0 Å². The lowest BCUT2D eigenvalue weighted by atomic mass is 10.1. The number of benzene rings is 1. The first kappa shape index (κ1) is 22.7. The molecular weight excluding hydrogens is 340 g/mol. The van der Waals surface area contributed by atoms with Gasteiger partial charge < -0.3 is 0 Å². The van der Waals surface area contributed by atoms with Gasteiger partial charge in [-0.2, -0.15) is 0 Å². The minimum Gasteiger partial charge on any atom is -0.234 e. The van der Waals surface area contributed by atoms with Crippen molar-refractivity contribution in [2.45, 2.75) is 110 Å². The van der Waals surface area contributed by atoms with E-state index in [-0.39, 0.29) is 0 Å². The smallest absolute Gasteiger partial charge is 0.234 e. The molecule has 1 heterocycles. The van der Waals surface area contributed by atoms with Gasteiger partial charge in [-0.1, -0.05) is 109 Å². The summed E-state index contributed by atoms with van der Waals surface area (Å²) in [5.41, 5.74) is 1.38. The fourth-order valence-corrected chi connectivity index (χ4v) is 4.19. The lowest BCUT2D eigenvalue weighted by Crippen LogP contribution is -2.38. The molecule has 0 aliphatic carbocycles. The zero-order valence-corrected chi connectivity index (χ0v) is 18.7. The van der Waals surface area contributed by atoms with Gasteiger partial charge in [0.2, 0.25) is 0 Å². The van der Waals surface area contributed by atoms with Crippen LogP contribution in [0.5, 0.6) is 0 Å². The Kier molecular flexibility index (Phi) is 11.0. The number of unbranched alkanes of at least 4 members (excludes halogenated alkanes) is 10. The zero-order chi connectivity index (χ0) is 20.0. The summed E-state index contributed by atoms with van der Waals surface area (Å²) in [6.07, 6.45) is 20.0. The van der Waals surface area contributed by atoms with Crippen molar-refractivity contribution in [1.29, 1.82) is 0 Å². The fourth-order valence-electron chi connectivity index (χ4n) is 4.19. The Balaban J connectivity index is 1.67. The third-order valence-electron chi connectivity index (χ3n) is 5.73. The van der Waals surface area contributed by atoms with Crippen LogP contribution in [0.1, 0.15) is 109 Å². The van der Waals surface area contributed by atoms with Crippen molar-refractivity contribution in [3.05, 3.63) is 54.1 Å². The van der Waals surface area contributed by atoms with Crippen LogP contribution in [0.2, 0.25) is 0 Å². The Hall–Kier alpha value is -1.57. The maximum atomic E-state index is 2.49. The van der Waals surface area contributed by atoms with Crippen molar-refractivity contribution < 1.29 is 4.57 Å². The third-order valence-corrected chi connectivity index (χ3v) is 5.73. The Labute approximate surface area is 174 Å². The van der Waals surface area contributed by atoms with Crippen molar-refractivity contribution in [3.63, 3.8) is 0 Å². The van der Waals surface area contributed by atoms with E-state index in [1.807, 2.05) is 0 Å². The standard InChI is InChI=1S/C26H43N2/c1-4-5-6-7-8-9-10-11-12-13-17-20-27-21-22-28(26(27)24(2)3)23-25-18-15-14-16-19-25/h14-16,18-19,21-22,24H,4-13,17,20,23H2,1-3H3/q+1. The average Bonchev–Trinajstić information content (AvgIpc) is 3.09. The average molecular weight is 384 g/mol. The van der Waals surface area contributed by atoms with Crippen LogP contribution in [0.15, 0.2) is 42.7 Å². The summed E-state index contributed by atoms with van der Waals surface area (Å²) in [5, 5.41) is 0. The number of hydrogen-bond donors (Lipinski definition) is 0. The highest BCUT2D eigenvalue weighted by Gasteiger charge is 2.20. The second kappa shape index (κ2) is 13.6. The normalized spacial score (nSPS) is 11.4. The van der Waals surface area contributed by atoms with Gasteiger partial charge in [0.1, 0.15) is 18.9 Å². The number of rotatable bonds is 15. The van der Waals surface area contributed by atoms with E-state index >= 15 is 0 Å². The first-order chi connectivity index (χ1) is 13.7. The van der Waals surface area contributed by atoms with Gasteiger partial charge in [0, 0.05) is 0 Å². The molecule has 0 atom stereocenters. The zero-order valence-electron chi connectivity index (χ0n) is 18.7. The first-order valence-electron chi connectivity index (χ1n) is 11.8. The van der Waals surface area contributed by atoms with Gasteiger partial charge >= 0.3 is 0 Å². The third kappa shape index (κ3) is 8.20. The summed E-state index contributed by atoms with van der Waals surface area (Å²) < 4.78 is 4.92. The van der Waals surface area contributed by atoms with E-state index in [1.165, 1.54) is 82.0 Å². The number of aromatic nitrogens is 2. The summed E-state index contributed by atoms with van der Waals surface area (Å²) in [4.78, 5) is 0. The second-order valence-corrected chi connectivity index (χ2v) is 8.65. The van der Waals surface area contributed by atoms with E-state index in [0.29, 0.717) is 5.92 Å². The molecule has 0 fully saturated rings.